The third kappa shape index (κ3) is 5.92. The van der Waals surface area contributed by atoms with Gasteiger partial charge in [-0.3, -0.25) is 4.99 Å². The van der Waals surface area contributed by atoms with E-state index in [-0.39, 0.29) is 12.5 Å². The van der Waals surface area contributed by atoms with Gasteiger partial charge in [0.05, 0.1) is 0 Å². The van der Waals surface area contributed by atoms with E-state index < -0.39 is 0 Å². The van der Waals surface area contributed by atoms with E-state index in [1.54, 1.807) is 0 Å². The van der Waals surface area contributed by atoms with Crippen LogP contribution in [-0.4, -0.2) is 42.7 Å². The Labute approximate surface area is 130 Å². The SMILES string of the molecule is CCNC(=NCC(C)CO)N(C)Cc1ccc(Br)cc1. The lowest BCUT2D eigenvalue weighted by Crippen LogP contribution is -2.38. The molecule has 0 amide bonds. The summed E-state index contributed by atoms with van der Waals surface area (Å²) < 4.78 is 1.08. The van der Waals surface area contributed by atoms with Crippen LogP contribution in [0.1, 0.15) is 19.4 Å². The number of hydrogen-bond donors (Lipinski definition) is 2. The highest BCUT2D eigenvalue weighted by molar-refractivity contribution is 9.10. The van der Waals surface area contributed by atoms with Gasteiger partial charge in [0, 0.05) is 37.8 Å². The molecule has 1 aromatic carbocycles. The number of guanidine groups is 1. The van der Waals surface area contributed by atoms with Gasteiger partial charge in [-0.05, 0) is 30.5 Å². The number of aliphatic hydroxyl groups excluding tert-OH is 1. The first-order valence-corrected chi connectivity index (χ1v) is 7.70. The average molecular weight is 342 g/mol. The van der Waals surface area contributed by atoms with E-state index in [1.165, 1.54) is 5.56 Å². The molecule has 112 valence electrons. The normalized spacial score (nSPS) is 13.2. The Kier molecular flexibility index (Phi) is 7.62. The second kappa shape index (κ2) is 8.97. The van der Waals surface area contributed by atoms with Crippen molar-refractivity contribution in [3.63, 3.8) is 0 Å². The van der Waals surface area contributed by atoms with Crippen LogP contribution in [0.25, 0.3) is 0 Å². The molecule has 0 saturated carbocycles. The molecule has 0 spiro atoms. The average Bonchev–Trinajstić information content (AvgIpc) is 2.45. The maximum Gasteiger partial charge on any atom is 0.193 e. The Bertz CT molecular complexity index is 420. The predicted molar refractivity (Wildman–Crippen MR) is 87.8 cm³/mol. The van der Waals surface area contributed by atoms with Gasteiger partial charge in [0.15, 0.2) is 5.96 Å². The Morgan fingerprint density at radius 1 is 1.40 bits per heavy atom. The molecule has 0 saturated heterocycles. The zero-order chi connectivity index (χ0) is 15.0. The fourth-order valence-electron chi connectivity index (χ4n) is 1.71. The van der Waals surface area contributed by atoms with Crippen molar-refractivity contribution in [2.75, 3.05) is 26.7 Å². The third-order valence-electron chi connectivity index (χ3n) is 2.89. The van der Waals surface area contributed by atoms with E-state index in [2.05, 4.69) is 50.2 Å². The van der Waals surface area contributed by atoms with E-state index in [1.807, 2.05) is 26.1 Å². The first kappa shape index (κ1) is 17.0. The number of benzene rings is 1. The van der Waals surface area contributed by atoms with Crippen molar-refractivity contribution in [2.45, 2.75) is 20.4 Å². The second-order valence-corrected chi connectivity index (χ2v) is 5.88. The summed E-state index contributed by atoms with van der Waals surface area (Å²) in [4.78, 5) is 6.65. The quantitative estimate of drug-likeness (QED) is 0.617. The summed E-state index contributed by atoms with van der Waals surface area (Å²) in [5.74, 6) is 1.06. The second-order valence-electron chi connectivity index (χ2n) is 4.96. The summed E-state index contributed by atoms with van der Waals surface area (Å²) in [6.45, 7) is 6.47. The Morgan fingerprint density at radius 3 is 2.60 bits per heavy atom. The molecule has 1 unspecified atom stereocenters. The van der Waals surface area contributed by atoms with E-state index in [0.29, 0.717) is 6.54 Å². The Morgan fingerprint density at radius 2 is 2.05 bits per heavy atom. The number of rotatable bonds is 6. The van der Waals surface area contributed by atoms with Gasteiger partial charge in [0.2, 0.25) is 0 Å². The molecule has 0 aliphatic heterocycles. The van der Waals surface area contributed by atoms with Gasteiger partial charge in [0.25, 0.3) is 0 Å². The minimum atomic E-state index is 0.166. The minimum Gasteiger partial charge on any atom is -0.396 e. The van der Waals surface area contributed by atoms with Crippen LogP contribution in [0.3, 0.4) is 0 Å². The summed E-state index contributed by atoms with van der Waals surface area (Å²) in [5, 5.41) is 12.3. The maximum absolute atomic E-state index is 9.07. The van der Waals surface area contributed by atoms with Gasteiger partial charge in [0.1, 0.15) is 0 Å². The lowest BCUT2D eigenvalue weighted by Gasteiger charge is -2.22. The fourth-order valence-corrected chi connectivity index (χ4v) is 1.97. The van der Waals surface area contributed by atoms with Crippen LogP contribution in [0.15, 0.2) is 33.7 Å². The first-order valence-electron chi connectivity index (χ1n) is 6.91. The largest absolute Gasteiger partial charge is 0.396 e. The van der Waals surface area contributed by atoms with Gasteiger partial charge in [-0.25, -0.2) is 0 Å². The molecule has 1 aromatic rings. The summed E-state index contributed by atoms with van der Waals surface area (Å²) in [6, 6.07) is 8.28. The van der Waals surface area contributed by atoms with E-state index >= 15 is 0 Å². The van der Waals surface area contributed by atoms with Crippen molar-refractivity contribution >= 4 is 21.9 Å². The van der Waals surface area contributed by atoms with Crippen molar-refractivity contribution in [3.8, 4) is 0 Å². The van der Waals surface area contributed by atoms with Crippen molar-refractivity contribution in [3.05, 3.63) is 34.3 Å². The molecular weight excluding hydrogens is 318 g/mol. The molecule has 4 nitrogen and oxygen atoms in total. The third-order valence-corrected chi connectivity index (χ3v) is 3.42. The van der Waals surface area contributed by atoms with E-state index in [4.69, 9.17) is 5.11 Å². The van der Waals surface area contributed by atoms with Gasteiger partial charge >= 0.3 is 0 Å². The molecule has 0 bridgehead atoms. The Hall–Kier alpha value is -1.07. The zero-order valence-corrected chi connectivity index (χ0v) is 14.0. The van der Waals surface area contributed by atoms with E-state index in [0.717, 1.165) is 23.5 Å². The van der Waals surface area contributed by atoms with Crippen LogP contribution in [0, 0.1) is 5.92 Å². The fraction of sp³-hybridized carbons (Fsp3) is 0.533. The molecule has 0 aliphatic rings. The highest BCUT2D eigenvalue weighted by atomic mass is 79.9. The highest BCUT2D eigenvalue weighted by Gasteiger charge is 2.07. The van der Waals surface area contributed by atoms with Crippen molar-refractivity contribution < 1.29 is 5.11 Å². The highest BCUT2D eigenvalue weighted by Crippen LogP contribution is 2.11. The van der Waals surface area contributed by atoms with Crippen molar-refractivity contribution in [1.29, 1.82) is 0 Å². The number of aliphatic hydroxyl groups is 1. The van der Waals surface area contributed by atoms with Crippen LogP contribution < -0.4 is 5.32 Å². The molecule has 5 heteroatoms. The van der Waals surface area contributed by atoms with Gasteiger partial charge in [-0.1, -0.05) is 35.0 Å². The summed E-state index contributed by atoms with van der Waals surface area (Å²) >= 11 is 3.44. The lowest BCUT2D eigenvalue weighted by atomic mass is 10.2. The summed E-state index contributed by atoms with van der Waals surface area (Å²) in [5.41, 5.74) is 1.23. The topological polar surface area (TPSA) is 47.9 Å². The van der Waals surface area contributed by atoms with Crippen LogP contribution >= 0.6 is 15.9 Å². The number of halogens is 1. The van der Waals surface area contributed by atoms with Crippen LogP contribution in [0.2, 0.25) is 0 Å². The molecule has 0 aliphatic carbocycles. The van der Waals surface area contributed by atoms with Crippen molar-refractivity contribution in [2.24, 2.45) is 10.9 Å². The predicted octanol–water partition coefficient (Wildman–Crippen LogP) is 2.47. The number of aliphatic imine (C=N–C) groups is 1. The first-order chi connectivity index (χ1) is 9.56. The number of hydrogen-bond acceptors (Lipinski definition) is 2. The number of nitrogens with one attached hydrogen (secondary N) is 1. The Balaban J connectivity index is 2.67. The summed E-state index contributed by atoms with van der Waals surface area (Å²) in [7, 11) is 2.02. The zero-order valence-electron chi connectivity index (χ0n) is 12.4. The minimum absolute atomic E-state index is 0.166. The molecule has 0 radical (unpaired) electrons. The molecule has 2 N–H and O–H groups in total. The van der Waals surface area contributed by atoms with Gasteiger partial charge < -0.3 is 15.3 Å². The lowest BCUT2D eigenvalue weighted by molar-refractivity contribution is 0.241. The van der Waals surface area contributed by atoms with Crippen LogP contribution in [-0.2, 0) is 6.54 Å². The van der Waals surface area contributed by atoms with Gasteiger partial charge in [-0.15, -0.1) is 0 Å². The molecule has 0 heterocycles. The van der Waals surface area contributed by atoms with Crippen LogP contribution in [0.5, 0.6) is 0 Å². The molecule has 1 atom stereocenters. The van der Waals surface area contributed by atoms with Gasteiger partial charge in [-0.2, -0.15) is 0 Å². The van der Waals surface area contributed by atoms with E-state index in [9.17, 15) is 0 Å². The maximum atomic E-state index is 9.07. The van der Waals surface area contributed by atoms with Crippen LogP contribution in [0.4, 0.5) is 0 Å². The molecular formula is C15H24BrN3O. The molecule has 0 fully saturated rings. The standard InChI is InChI=1S/C15H24BrN3O/c1-4-17-15(18-9-12(2)11-20)19(3)10-13-5-7-14(16)8-6-13/h5-8,12,20H,4,9-11H2,1-3H3,(H,17,18). The monoisotopic (exact) mass is 341 g/mol. The smallest absolute Gasteiger partial charge is 0.193 e. The summed E-state index contributed by atoms with van der Waals surface area (Å²) in [6.07, 6.45) is 0. The molecule has 1 rings (SSSR count). The molecule has 0 aromatic heterocycles. The van der Waals surface area contributed by atoms with Crippen molar-refractivity contribution in [1.82, 2.24) is 10.2 Å². The number of nitrogens with zero attached hydrogens (tertiary/aromatic N) is 2. The molecule has 20 heavy (non-hydrogen) atoms.